The Labute approximate surface area is 421 Å². The highest BCUT2D eigenvalue weighted by Crippen LogP contribution is 2.24. The van der Waals surface area contributed by atoms with E-state index in [1.54, 1.807) is 0 Å². The fourth-order valence-electron chi connectivity index (χ4n) is 10.2. The Kier molecular flexibility index (Phi) is 47.7. The lowest BCUT2D eigenvalue weighted by Crippen LogP contribution is -2.60. The van der Waals surface area contributed by atoms with Gasteiger partial charge in [-0.1, -0.05) is 296 Å². The van der Waals surface area contributed by atoms with Crippen LogP contribution in [0.4, 0.5) is 0 Å². The van der Waals surface area contributed by atoms with Crippen LogP contribution >= 0.6 is 0 Å². The number of unbranched alkanes of at least 4 members (excludes halogenated alkanes) is 43. The summed E-state index contributed by atoms with van der Waals surface area (Å²) in [5.41, 5.74) is 0. The molecule has 1 saturated heterocycles. The number of rotatable bonds is 53. The van der Waals surface area contributed by atoms with Crippen molar-refractivity contribution in [2.75, 3.05) is 13.2 Å². The van der Waals surface area contributed by atoms with E-state index in [0.29, 0.717) is 12.8 Å². The summed E-state index contributed by atoms with van der Waals surface area (Å²) in [7, 11) is 0. The highest BCUT2D eigenvalue weighted by Gasteiger charge is 2.44. The number of nitrogens with one attached hydrogen (secondary N) is 1. The summed E-state index contributed by atoms with van der Waals surface area (Å²) in [4.78, 5) is 13.0. The van der Waals surface area contributed by atoms with E-state index < -0.39 is 49.5 Å². The zero-order chi connectivity index (χ0) is 49.4. The SMILES string of the molecule is CCCCCCCCCCCCCCCCCCCCCCCCCCCCCCCCCCCCC(=O)N[C@@H](CO[C@@H]1O[C@H](CO)[C@@H](O)C(O)C1O)[C@H](O)CCCCCCCCCCCCC. The molecule has 1 aliphatic rings. The third-order valence-corrected chi connectivity index (χ3v) is 15.0. The fraction of sp³-hybridized carbons (Fsp3) is 0.983. The average Bonchev–Trinajstić information content (AvgIpc) is 3.34. The Bertz CT molecular complexity index is 1030. The van der Waals surface area contributed by atoms with Crippen molar-refractivity contribution in [2.24, 2.45) is 0 Å². The molecule has 0 saturated carbocycles. The van der Waals surface area contributed by atoms with Crippen molar-refractivity contribution in [3.8, 4) is 0 Å². The van der Waals surface area contributed by atoms with Crippen LogP contribution in [0.1, 0.15) is 316 Å². The number of ether oxygens (including phenoxy) is 2. The van der Waals surface area contributed by atoms with Gasteiger partial charge in [0.1, 0.15) is 24.4 Å². The average molecular weight is 969 g/mol. The van der Waals surface area contributed by atoms with Crippen molar-refractivity contribution in [2.45, 2.75) is 358 Å². The Hall–Kier alpha value is -0.810. The molecule has 1 rings (SSSR count). The first-order chi connectivity index (χ1) is 33.3. The summed E-state index contributed by atoms with van der Waals surface area (Å²) in [5.74, 6) is -0.138. The summed E-state index contributed by atoms with van der Waals surface area (Å²) in [6.45, 7) is 3.86. The smallest absolute Gasteiger partial charge is 0.220 e. The van der Waals surface area contributed by atoms with Crippen LogP contribution in [0.2, 0.25) is 0 Å². The predicted molar refractivity (Wildman–Crippen MR) is 286 cm³/mol. The summed E-state index contributed by atoms with van der Waals surface area (Å²) in [6.07, 6.45) is 53.2. The van der Waals surface area contributed by atoms with Gasteiger partial charge in [0.2, 0.25) is 5.91 Å². The van der Waals surface area contributed by atoms with Crippen molar-refractivity contribution < 1.29 is 39.8 Å². The van der Waals surface area contributed by atoms with E-state index in [9.17, 15) is 30.3 Å². The van der Waals surface area contributed by atoms with Crippen LogP contribution < -0.4 is 5.32 Å². The standard InChI is InChI=1S/C59H117NO8/c1-3-5-7-9-11-13-15-16-17-18-19-20-21-22-23-24-25-26-27-28-29-30-31-32-33-34-35-36-37-39-41-43-45-47-49-55(63)60-52(51-67-59-58(66)57(65)56(64)54(50-61)68-59)53(62)48-46-44-42-40-38-14-12-10-8-6-4-2/h52-54,56-59,61-62,64-66H,3-51H2,1-2H3,(H,60,63)/t52-,53+,54+,56+,57?,58?,59+/m0/s1. The summed E-state index contributed by atoms with van der Waals surface area (Å²) >= 11 is 0. The molecular formula is C59H117NO8. The van der Waals surface area contributed by atoms with E-state index in [1.807, 2.05) is 0 Å². The van der Waals surface area contributed by atoms with Gasteiger partial charge in [-0.25, -0.2) is 0 Å². The molecule has 0 aromatic rings. The molecule has 1 heterocycles. The first-order valence-electron chi connectivity index (χ1n) is 30.2. The van der Waals surface area contributed by atoms with Crippen molar-refractivity contribution in [3.05, 3.63) is 0 Å². The number of hydrogen-bond acceptors (Lipinski definition) is 8. The Morgan fingerprint density at radius 1 is 0.441 bits per heavy atom. The highest BCUT2D eigenvalue weighted by molar-refractivity contribution is 5.76. The van der Waals surface area contributed by atoms with Crippen LogP contribution in [0.15, 0.2) is 0 Å². The quantitative estimate of drug-likeness (QED) is 0.0330. The zero-order valence-corrected chi connectivity index (χ0v) is 45.2. The van der Waals surface area contributed by atoms with Crippen LogP contribution in [-0.2, 0) is 14.3 Å². The molecule has 0 aromatic heterocycles. The number of aliphatic hydroxyl groups excluding tert-OH is 5. The van der Waals surface area contributed by atoms with E-state index in [4.69, 9.17) is 9.47 Å². The fourth-order valence-corrected chi connectivity index (χ4v) is 10.2. The Morgan fingerprint density at radius 3 is 1.04 bits per heavy atom. The minimum atomic E-state index is -1.55. The predicted octanol–water partition coefficient (Wildman–Crippen LogP) is 15.0. The lowest BCUT2D eigenvalue weighted by molar-refractivity contribution is -0.302. The van der Waals surface area contributed by atoms with Crippen LogP contribution in [0.3, 0.4) is 0 Å². The van der Waals surface area contributed by atoms with Crippen molar-refractivity contribution >= 4 is 5.91 Å². The second kappa shape index (κ2) is 49.8. The van der Waals surface area contributed by atoms with Crippen LogP contribution in [0.5, 0.6) is 0 Å². The second-order valence-corrected chi connectivity index (χ2v) is 21.5. The Morgan fingerprint density at radius 2 is 0.735 bits per heavy atom. The van der Waals surface area contributed by atoms with Crippen molar-refractivity contribution in [1.82, 2.24) is 5.32 Å². The van der Waals surface area contributed by atoms with Crippen LogP contribution in [0.25, 0.3) is 0 Å². The van der Waals surface area contributed by atoms with Gasteiger partial charge in [-0.3, -0.25) is 4.79 Å². The first kappa shape index (κ1) is 65.2. The second-order valence-electron chi connectivity index (χ2n) is 21.5. The maximum Gasteiger partial charge on any atom is 0.220 e. The van der Waals surface area contributed by atoms with E-state index >= 15 is 0 Å². The summed E-state index contributed by atoms with van der Waals surface area (Å²) in [6, 6.07) is -0.712. The van der Waals surface area contributed by atoms with E-state index in [0.717, 1.165) is 38.5 Å². The largest absolute Gasteiger partial charge is 0.394 e. The third kappa shape index (κ3) is 38.8. The van der Waals surface area contributed by atoms with Gasteiger partial charge in [0.15, 0.2) is 6.29 Å². The maximum atomic E-state index is 13.0. The molecule has 406 valence electrons. The molecule has 1 amide bonds. The molecule has 9 nitrogen and oxygen atoms in total. The minimum absolute atomic E-state index is 0.132. The summed E-state index contributed by atoms with van der Waals surface area (Å²) in [5, 5.41) is 54.5. The van der Waals surface area contributed by atoms with Gasteiger partial charge < -0.3 is 40.3 Å². The topological polar surface area (TPSA) is 149 Å². The number of carbonyl (C=O) groups excluding carboxylic acids is 1. The number of aliphatic hydroxyl groups is 5. The van der Waals surface area contributed by atoms with Gasteiger partial charge in [0.25, 0.3) is 0 Å². The normalized spacial score (nSPS) is 19.4. The molecule has 6 N–H and O–H groups in total. The van der Waals surface area contributed by atoms with Gasteiger partial charge >= 0.3 is 0 Å². The van der Waals surface area contributed by atoms with Gasteiger partial charge in [0.05, 0.1) is 25.4 Å². The van der Waals surface area contributed by atoms with Gasteiger partial charge in [-0.15, -0.1) is 0 Å². The molecule has 68 heavy (non-hydrogen) atoms. The van der Waals surface area contributed by atoms with E-state index in [1.165, 1.54) is 250 Å². The number of amides is 1. The molecule has 0 spiro atoms. The maximum absolute atomic E-state index is 13.0. The van der Waals surface area contributed by atoms with E-state index in [-0.39, 0.29) is 12.5 Å². The van der Waals surface area contributed by atoms with Gasteiger partial charge in [0, 0.05) is 6.42 Å². The van der Waals surface area contributed by atoms with Gasteiger partial charge in [-0.05, 0) is 12.8 Å². The molecule has 9 heteroatoms. The summed E-state index contributed by atoms with van der Waals surface area (Å²) < 4.78 is 11.3. The van der Waals surface area contributed by atoms with Crippen LogP contribution in [0, 0.1) is 0 Å². The van der Waals surface area contributed by atoms with Crippen molar-refractivity contribution in [3.63, 3.8) is 0 Å². The molecule has 1 aliphatic heterocycles. The molecule has 7 atom stereocenters. The van der Waals surface area contributed by atoms with Crippen molar-refractivity contribution in [1.29, 1.82) is 0 Å². The Balaban J connectivity index is 2.03. The minimum Gasteiger partial charge on any atom is -0.394 e. The van der Waals surface area contributed by atoms with E-state index in [2.05, 4.69) is 19.2 Å². The third-order valence-electron chi connectivity index (χ3n) is 15.0. The number of carbonyl (C=O) groups is 1. The lowest BCUT2D eigenvalue weighted by atomic mass is 9.99. The lowest BCUT2D eigenvalue weighted by Gasteiger charge is -2.40. The molecular weight excluding hydrogens is 851 g/mol. The zero-order valence-electron chi connectivity index (χ0n) is 45.2. The van der Waals surface area contributed by atoms with Crippen LogP contribution in [-0.4, -0.2) is 87.5 Å². The number of hydrogen-bond donors (Lipinski definition) is 6. The van der Waals surface area contributed by atoms with Gasteiger partial charge in [-0.2, -0.15) is 0 Å². The molecule has 0 radical (unpaired) electrons. The first-order valence-corrected chi connectivity index (χ1v) is 30.2. The molecule has 1 fully saturated rings. The highest BCUT2D eigenvalue weighted by atomic mass is 16.7. The monoisotopic (exact) mass is 968 g/mol. The molecule has 0 aliphatic carbocycles. The molecule has 0 aromatic carbocycles. The molecule has 0 bridgehead atoms. The molecule has 2 unspecified atom stereocenters.